The second-order valence-corrected chi connectivity index (χ2v) is 4.05. The van der Waals surface area contributed by atoms with Crippen LogP contribution in [-0.2, 0) is 4.79 Å². The van der Waals surface area contributed by atoms with E-state index < -0.39 is 0 Å². The first-order valence-corrected chi connectivity index (χ1v) is 5.25. The first-order chi connectivity index (χ1) is 6.79. The molecule has 2 aliphatic rings. The van der Waals surface area contributed by atoms with Crippen LogP contribution in [0.25, 0.3) is 0 Å². The average molecular weight is 189 g/mol. The van der Waals surface area contributed by atoms with Crippen molar-refractivity contribution in [1.82, 2.24) is 0 Å². The van der Waals surface area contributed by atoms with Gasteiger partial charge in [-0.25, -0.2) is 0 Å². The zero-order valence-electron chi connectivity index (χ0n) is 8.20. The van der Waals surface area contributed by atoms with Crippen molar-refractivity contribution in [1.29, 1.82) is 5.41 Å². The van der Waals surface area contributed by atoms with Crippen LogP contribution in [0.4, 0.5) is 0 Å². The SMILES string of the molecule is N=C1CCCCC1C1C=CC=CC1=O. The quantitative estimate of drug-likeness (QED) is 0.676. The summed E-state index contributed by atoms with van der Waals surface area (Å²) in [6, 6.07) is 0. The van der Waals surface area contributed by atoms with Gasteiger partial charge in [0.15, 0.2) is 5.78 Å². The van der Waals surface area contributed by atoms with E-state index in [1.807, 2.05) is 12.2 Å². The Kier molecular flexibility index (Phi) is 2.62. The third kappa shape index (κ3) is 1.69. The molecule has 2 heteroatoms. The molecule has 1 N–H and O–H groups in total. The minimum absolute atomic E-state index is 0.0483. The van der Waals surface area contributed by atoms with Crippen LogP contribution in [0, 0.1) is 17.2 Å². The molecule has 0 aromatic rings. The minimum Gasteiger partial charge on any atom is -0.309 e. The number of nitrogens with one attached hydrogen (secondary N) is 1. The third-order valence-electron chi connectivity index (χ3n) is 3.11. The summed E-state index contributed by atoms with van der Waals surface area (Å²) < 4.78 is 0. The fourth-order valence-corrected chi connectivity index (χ4v) is 2.31. The van der Waals surface area contributed by atoms with Crippen LogP contribution < -0.4 is 0 Å². The highest BCUT2D eigenvalue weighted by Crippen LogP contribution is 2.30. The van der Waals surface area contributed by atoms with Crippen LogP contribution in [0.2, 0.25) is 0 Å². The molecule has 0 aromatic heterocycles. The zero-order valence-corrected chi connectivity index (χ0v) is 8.20. The molecule has 0 amide bonds. The van der Waals surface area contributed by atoms with Crippen LogP contribution in [-0.4, -0.2) is 11.5 Å². The fraction of sp³-hybridized carbons (Fsp3) is 0.500. The van der Waals surface area contributed by atoms with Crippen LogP contribution in [0.3, 0.4) is 0 Å². The lowest BCUT2D eigenvalue weighted by Crippen LogP contribution is -2.30. The molecule has 0 saturated heterocycles. The lowest BCUT2D eigenvalue weighted by Gasteiger charge is -2.28. The van der Waals surface area contributed by atoms with E-state index in [0.29, 0.717) is 0 Å². The molecule has 0 heterocycles. The van der Waals surface area contributed by atoms with Crippen LogP contribution >= 0.6 is 0 Å². The van der Waals surface area contributed by atoms with Crippen LogP contribution in [0.5, 0.6) is 0 Å². The van der Waals surface area contributed by atoms with E-state index in [2.05, 4.69) is 0 Å². The van der Waals surface area contributed by atoms with Gasteiger partial charge in [-0.3, -0.25) is 4.79 Å². The number of ketones is 1. The van der Waals surface area contributed by atoms with E-state index in [1.165, 1.54) is 0 Å². The Morgan fingerprint density at radius 1 is 1.29 bits per heavy atom. The van der Waals surface area contributed by atoms with Gasteiger partial charge in [-0.05, 0) is 25.3 Å². The predicted octanol–water partition coefficient (Wildman–Crippen LogP) is 2.51. The molecular formula is C12H15NO. The molecule has 2 rings (SSSR count). The summed E-state index contributed by atoms with van der Waals surface area (Å²) in [4.78, 5) is 11.6. The summed E-state index contributed by atoms with van der Waals surface area (Å²) in [5, 5.41) is 7.86. The van der Waals surface area contributed by atoms with E-state index >= 15 is 0 Å². The van der Waals surface area contributed by atoms with Gasteiger partial charge in [-0.1, -0.05) is 24.6 Å². The van der Waals surface area contributed by atoms with Gasteiger partial charge < -0.3 is 5.41 Å². The Morgan fingerprint density at radius 3 is 2.86 bits per heavy atom. The summed E-state index contributed by atoms with van der Waals surface area (Å²) in [5.74, 6) is 0.300. The second-order valence-electron chi connectivity index (χ2n) is 4.05. The molecule has 2 aliphatic carbocycles. The summed E-state index contributed by atoms with van der Waals surface area (Å²) >= 11 is 0. The summed E-state index contributed by atoms with van der Waals surface area (Å²) in [5.41, 5.74) is 0.773. The number of carbonyl (C=O) groups is 1. The standard InChI is InChI=1S/C12H15NO/c13-11-7-3-1-5-9(11)10-6-2-4-8-12(10)14/h2,4,6,8-10,13H,1,3,5,7H2. The molecule has 0 aromatic carbocycles. The smallest absolute Gasteiger partial charge is 0.163 e. The molecule has 2 unspecified atom stereocenters. The number of allylic oxidation sites excluding steroid dienone is 4. The Hall–Kier alpha value is -1.18. The van der Waals surface area contributed by atoms with Gasteiger partial charge in [-0.2, -0.15) is 0 Å². The Bertz CT molecular complexity index is 314. The highest BCUT2D eigenvalue weighted by atomic mass is 16.1. The van der Waals surface area contributed by atoms with E-state index in [9.17, 15) is 4.79 Å². The van der Waals surface area contributed by atoms with Crippen molar-refractivity contribution in [2.75, 3.05) is 0 Å². The van der Waals surface area contributed by atoms with Crippen LogP contribution in [0.1, 0.15) is 25.7 Å². The highest BCUT2D eigenvalue weighted by Gasteiger charge is 2.30. The minimum atomic E-state index is -0.0483. The van der Waals surface area contributed by atoms with Gasteiger partial charge >= 0.3 is 0 Å². The number of rotatable bonds is 1. The van der Waals surface area contributed by atoms with Gasteiger partial charge in [0.05, 0.1) is 0 Å². The first-order valence-electron chi connectivity index (χ1n) is 5.25. The third-order valence-corrected chi connectivity index (χ3v) is 3.11. The van der Waals surface area contributed by atoms with Gasteiger partial charge in [-0.15, -0.1) is 0 Å². The molecule has 14 heavy (non-hydrogen) atoms. The van der Waals surface area contributed by atoms with E-state index in [0.717, 1.165) is 31.4 Å². The normalized spacial score (nSPS) is 32.3. The van der Waals surface area contributed by atoms with Gasteiger partial charge in [0.1, 0.15) is 0 Å². The van der Waals surface area contributed by atoms with Gasteiger partial charge in [0, 0.05) is 17.5 Å². The lowest BCUT2D eigenvalue weighted by molar-refractivity contribution is -0.117. The second kappa shape index (κ2) is 3.91. The van der Waals surface area contributed by atoms with Crippen molar-refractivity contribution in [3.05, 3.63) is 24.3 Å². The molecule has 1 fully saturated rings. The maximum atomic E-state index is 11.6. The lowest BCUT2D eigenvalue weighted by atomic mass is 9.75. The van der Waals surface area contributed by atoms with E-state index in [-0.39, 0.29) is 17.6 Å². The largest absolute Gasteiger partial charge is 0.309 e. The highest BCUT2D eigenvalue weighted by molar-refractivity contribution is 5.99. The zero-order chi connectivity index (χ0) is 9.97. The number of hydrogen-bond acceptors (Lipinski definition) is 2. The summed E-state index contributed by atoms with van der Waals surface area (Å²) in [7, 11) is 0. The van der Waals surface area contributed by atoms with Crippen molar-refractivity contribution < 1.29 is 4.79 Å². The fourth-order valence-electron chi connectivity index (χ4n) is 2.31. The number of carbonyl (C=O) groups excluding carboxylic acids is 1. The van der Waals surface area contributed by atoms with Crippen molar-refractivity contribution in [2.24, 2.45) is 11.8 Å². The molecule has 2 atom stereocenters. The molecular weight excluding hydrogens is 174 g/mol. The first kappa shape index (κ1) is 9.38. The molecule has 1 saturated carbocycles. The van der Waals surface area contributed by atoms with Crippen molar-refractivity contribution in [2.45, 2.75) is 25.7 Å². The molecule has 0 aliphatic heterocycles. The summed E-state index contributed by atoms with van der Waals surface area (Å²) in [6.45, 7) is 0. The van der Waals surface area contributed by atoms with E-state index in [4.69, 9.17) is 5.41 Å². The van der Waals surface area contributed by atoms with E-state index in [1.54, 1.807) is 12.2 Å². The average Bonchev–Trinajstić information content (AvgIpc) is 2.20. The maximum Gasteiger partial charge on any atom is 0.163 e. The van der Waals surface area contributed by atoms with Crippen molar-refractivity contribution in [3.63, 3.8) is 0 Å². The summed E-state index contributed by atoms with van der Waals surface area (Å²) in [6.07, 6.45) is 11.5. The van der Waals surface area contributed by atoms with Gasteiger partial charge in [0.25, 0.3) is 0 Å². The van der Waals surface area contributed by atoms with Crippen molar-refractivity contribution in [3.8, 4) is 0 Å². The number of hydrogen-bond donors (Lipinski definition) is 1. The monoisotopic (exact) mass is 189 g/mol. The molecule has 0 spiro atoms. The predicted molar refractivity (Wildman–Crippen MR) is 56.5 cm³/mol. The van der Waals surface area contributed by atoms with Gasteiger partial charge in [0.2, 0.25) is 0 Å². The Labute approximate surface area is 84.2 Å². The maximum absolute atomic E-state index is 11.6. The van der Waals surface area contributed by atoms with Crippen molar-refractivity contribution >= 4 is 11.5 Å². The van der Waals surface area contributed by atoms with Crippen LogP contribution in [0.15, 0.2) is 24.3 Å². The topological polar surface area (TPSA) is 40.9 Å². The molecule has 0 bridgehead atoms. The molecule has 74 valence electrons. The molecule has 0 radical (unpaired) electrons. The Morgan fingerprint density at radius 2 is 2.14 bits per heavy atom. The Balaban J connectivity index is 2.13. The molecule has 2 nitrogen and oxygen atoms in total.